The lowest BCUT2D eigenvalue weighted by Gasteiger charge is -2.56. The largest absolute Gasteiger partial charge is 0.378 e. The Morgan fingerprint density at radius 2 is 1.80 bits per heavy atom. The molecule has 3 heterocycles. The van der Waals surface area contributed by atoms with Crippen molar-refractivity contribution in [3.8, 4) is 0 Å². The Morgan fingerprint density at radius 3 is 2.35 bits per heavy atom. The zero-order chi connectivity index (χ0) is 14.5. The van der Waals surface area contributed by atoms with Gasteiger partial charge >= 0.3 is 0 Å². The lowest BCUT2D eigenvalue weighted by atomic mass is 9.93. The first-order valence-electron chi connectivity index (χ1n) is 7.31. The van der Waals surface area contributed by atoms with Crippen LogP contribution in [0, 0.1) is 0 Å². The molecule has 0 amide bonds. The predicted molar refractivity (Wildman–Crippen MR) is 77.2 cm³/mol. The van der Waals surface area contributed by atoms with Crippen LogP contribution in [0.3, 0.4) is 0 Å². The summed E-state index contributed by atoms with van der Waals surface area (Å²) in [6, 6.07) is 0.830. The Kier molecular flexibility index (Phi) is 3.62. The van der Waals surface area contributed by atoms with E-state index in [-0.39, 0.29) is 5.54 Å². The van der Waals surface area contributed by atoms with E-state index in [1.54, 1.807) is 4.31 Å². The van der Waals surface area contributed by atoms with E-state index < -0.39 is 10.0 Å². The molecule has 20 heavy (non-hydrogen) atoms. The Balaban J connectivity index is 1.76. The van der Waals surface area contributed by atoms with Gasteiger partial charge in [-0.05, 0) is 13.8 Å². The van der Waals surface area contributed by atoms with Gasteiger partial charge in [0.15, 0.2) is 0 Å². The van der Waals surface area contributed by atoms with Crippen LogP contribution in [0.5, 0.6) is 0 Å². The van der Waals surface area contributed by atoms with Crippen molar-refractivity contribution in [1.82, 2.24) is 14.1 Å². The third kappa shape index (κ3) is 2.62. The molecule has 6 nitrogen and oxygen atoms in total. The minimum absolute atomic E-state index is 0.0891. The average molecular weight is 303 g/mol. The number of nitrogens with zero attached hydrogens (tertiary/aromatic N) is 3. The summed E-state index contributed by atoms with van der Waals surface area (Å²) in [6.07, 6.45) is 1.32. The fraction of sp³-hybridized carbons (Fsp3) is 1.00. The van der Waals surface area contributed by atoms with Gasteiger partial charge in [-0.25, -0.2) is 8.42 Å². The minimum atomic E-state index is -3.11. The number of ether oxygens (including phenoxy) is 1. The fourth-order valence-corrected chi connectivity index (χ4v) is 4.67. The molecule has 0 saturated carbocycles. The predicted octanol–water partition coefficient (Wildman–Crippen LogP) is -0.575. The van der Waals surface area contributed by atoms with Crippen LogP contribution in [-0.4, -0.2) is 92.3 Å². The van der Waals surface area contributed by atoms with Gasteiger partial charge in [0.1, 0.15) is 0 Å². The Hall–Kier alpha value is -0.210. The molecule has 0 unspecified atom stereocenters. The van der Waals surface area contributed by atoms with Gasteiger partial charge in [0.2, 0.25) is 10.0 Å². The Bertz CT molecular complexity index is 475. The number of fused-ring (bicyclic) bond motifs is 1. The highest BCUT2D eigenvalue weighted by Crippen LogP contribution is 2.30. The summed E-state index contributed by atoms with van der Waals surface area (Å²) in [5, 5.41) is 0. The van der Waals surface area contributed by atoms with Crippen LogP contribution in [0.2, 0.25) is 0 Å². The molecule has 3 aliphatic heterocycles. The van der Waals surface area contributed by atoms with Crippen molar-refractivity contribution >= 4 is 10.0 Å². The molecule has 0 aliphatic carbocycles. The molecule has 0 aromatic heterocycles. The second-order valence-corrected chi connectivity index (χ2v) is 8.88. The maximum atomic E-state index is 11.9. The summed E-state index contributed by atoms with van der Waals surface area (Å²) in [5.41, 5.74) is -0.0891. The molecule has 3 rings (SSSR count). The van der Waals surface area contributed by atoms with Crippen LogP contribution in [0.25, 0.3) is 0 Å². The number of hydrogen-bond acceptors (Lipinski definition) is 5. The summed E-state index contributed by atoms with van der Waals surface area (Å²) < 4.78 is 30.7. The molecular formula is C13H25N3O3S. The van der Waals surface area contributed by atoms with E-state index in [1.807, 2.05) is 0 Å². The van der Waals surface area contributed by atoms with Crippen molar-refractivity contribution in [2.24, 2.45) is 0 Å². The molecule has 7 heteroatoms. The summed E-state index contributed by atoms with van der Waals surface area (Å²) in [7, 11) is -3.11. The number of piperazine rings is 2. The van der Waals surface area contributed by atoms with Crippen molar-refractivity contribution in [1.29, 1.82) is 0 Å². The van der Waals surface area contributed by atoms with Gasteiger partial charge in [0, 0.05) is 44.3 Å². The molecule has 1 atom stereocenters. The summed E-state index contributed by atoms with van der Waals surface area (Å²) in [6.45, 7) is 10.2. The first kappa shape index (κ1) is 14.7. The maximum Gasteiger partial charge on any atom is 0.211 e. The third-order valence-electron chi connectivity index (χ3n) is 4.88. The maximum absolute atomic E-state index is 11.9. The second kappa shape index (κ2) is 4.91. The average Bonchev–Trinajstić information content (AvgIpc) is 2.23. The fourth-order valence-electron chi connectivity index (χ4n) is 3.67. The Labute approximate surface area is 121 Å². The first-order chi connectivity index (χ1) is 9.27. The molecule has 0 bridgehead atoms. The summed E-state index contributed by atoms with van der Waals surface area (Å²) >= 11 is 0. The molecule has 3 fully saturated rings. The molecule has 116 valence electrons. The van der Waals surface area contributed by atoms with Crippen LogP contribution in [0.1, 0.15) is 13.8 Å². The van der Waals surface area contributed by atoms with E-state index in [0.717, 1.165) is 32.8 Å². The van der Waals surface area contributed by atoms with Crippen LogP contribution >= 0.6 is 0 Å². The number of sulfonamides is 1. The smallest absolute Gasteiger partial charge is 0.211 e. The van der Waals surface area contributed by atoms with Crippen molar-refractivity contribution in [3.63, 3.8) is 0 Å². The van der Waals surface area contributed by atoms with Gasteiger partial charge in [-0.2, -0.15) is 4.31 Å². The Morgan fingerprint density at radius 1 is 1.10 bits per heavy atom. The lowest BCUT2D eigenvalue weighted by Crippen LogP contribution is -2.71. The molecule has 0 N–H and O–H groups in total. The minimum Gasteiger partial charge on any atom is -0.378 e. The third-order valence-corrected chi connectivity index (χ3v) is 6.09. The highest BCUT2D eigenvalue weighted by molar-refractivity contribution is 7.88. The van der Waals surface area contributed by atoms with Gasteiger partial charge in [0.25, 0.3) is 0 Å². The van der Waals surface area contributed by atoms with Gasteiger partial charge in [0.05, 0.1) is 25.5 Å². The van der Waals surface area contributed by atoms with E-state index in [0.29, 0.717) is 25.2 Å². The van der Waals surface area contributed by atoms with E-state index in [9.17, 15) is 8.42 Å². The van der Waals surface area contributed by atoms with E-state index in [1.165, 1.54) is 6.26 Å². The normalized spacial score (nSPS) is 33.6. The molecule has 0 aromatic carbocycles. The van der Waals surface area contributed by atoms with Gasteiger partial charge in [-0.1, -0.05) is 0 Å². The molecule has 0 radical (unpaired) electrons. The lowest BCUT2D eigenvalue weighted by molar-refractivity contribution is -0.110. The highest BCUT2D eigenvalue weighted by atomic mass is 32.2. The number of hydrogen-bond donors (Lipinski definition) is 0. The topological polar surface area (TPSA) is 53.1 Å². The van der Waals surface area contributed by atoms with E-state index in [4.69, 9.17) is 4.74 Å². The van der Waals surface area contributed by atoms with Crippen LogP contribution in [0.15, 0.2) is 0 Å². The van der Waals surface area contributed by atoms with Crippen molar-refractivity contribution < 1.29 is 13.2 Å². The molecule has 3 saturated heterocycles. The van der Waals surface area contributed by atoms with Crippen molar-refractivity contribution in [3.05, 3.63) is 0 Å². The second-order valence-electron chi connectivity index (χ2n) is 6.90. The van der Waals surface area contributed by atoms with E-state index in [2.05, 4.69) is 23.6 Å². The summed E-state index contributed by atoms with van der Waals surface area (Å²) in [4.78, 5) is 4.96. The van der Waals surface area contributed by atoms with Crippen LogP contribution in [-0.2, 0) is 14.8 Å². The quantitative estimate of drug-likeness (QED) is 0.683. The van der Waals surface area contributed by atoms with Crippen molar-refractivity contribution in [2.45, 2.75) is 31.5 Å². The zero-order valence-corrected chi connectivity index (χ0v) is 13.4. The standard InChI is InChI=1S/C13H25N3O3S/c1-13(2)10-15(20(3,17)18)7-11-6-14(4-5-16(11)13)12-8-19-9-12/h11-12H,4-10H2,1-3H3/t11-/m0/s1. The SMILES string of the molecule is CC1(C)CN(S(C)(=O)=O)C[C@@H]2CN(C3COC3)CCN21. The van der Waals surface area contributed by atoms with Gasteiger partial charge in [-0.3, -0.25) is 9.80 Å². The summed E-state index contributed by atoms with van der Waals surface area (Å²) in [5.74, 6) is 0. The molecule has 0 spiro atoms. The zero-order valence-electron chi connectivity index (χ0n) is 12.6. The monoisotopic (exact) mass is 303 g/mol. The van der Waals surface area contributed by atoms with Crippen LogP contribution < -0.4 is 0 Å². The highest BCUT2D eigenvalue weighted by Gasteiger charge is 2.46. The first-order valence-corrected chi connectivity index (χ1v) is 9.16. The van der Waals surface area contributed by atoms with Crippen molar-refractivity contribution in [2.75, 3.05) is 52.2 Å². The molecular weight excluding hydrogens is 278 g/mol. The molecule has 0 aromatic rings. The van der Waals surface area contributed by atoms with Gasteiger partial charge < -0.3 is 4.74 Å². The van der Waals surface area contributed by atoms with Gasteiger partial charge in [-0.15, -0.1) is 0 Å². The number of rotatable bonds is 2. The molecule has 3 aliphatic rings. The van der Waals surface area contributed by atoms with E-state index >= 15 is 0 Å². The van der Waals surface area contributed by atoms with Crippen LogP contribution in [0.4, 0.5) is 0 Å².